The van der Waals surface area contributed by atoms with Gasteiger partial charge in [0, 0.05) is 32.2 Å². The van der Waals surface area contributed by atoms with Crippen LogP contribution in [0.5, 0.6) is 0 Å². The Morgan fingerprint density at radius 3 is 2.35 bits per heavy atom. The fourth-order valence-electron chi connectivity index (χ4n) is 1.66. The van der Waals surface area contributed by atoms with Gasteiger partial charge in [-0.15, -0.1) is 0 Å². The molecule has 0 saturated carbocycles. The van der Waals surface area contributed by atoms with Crippen LogP contribution in [0.4, 0.5) is 0 Å². The molecule has 0 heterocycles. The molecule has 0 bridgehead atoms. The number of nitrogens with one attached hydrogen (secondary N) is 1. The van der Waals surface area contributed by atoms with Crippen molar-refractivity contribution in [2.24, 2.45) is 5.92 Å². The molecule has 1 N–H and O–H groups in total. The minimum absolute atomic E-state index is 0.109. The van der Waals surface area contributed by atoms with E-state index in [0.29, 0.717) is 19.6 Å². The maximum absolute atomic E-state index is 12.4. The molecule has 0 rings (SSSR count). The van der Waals surface area contributed by atoms with Crippen LogP contribution in [-0.2, 0) is 14.8 Å². The van der Waals surface area contributed by atoms with E-state index in [1.807, 2.05) is 13.8 Å². The maximum atomic E-state index is 12.4. The number of nitriles is 1. The number of hydrogen-bond donors (Lipinski definition) is 1. The standard InChI is InChI=1S/C13H23N3O3S/c1-11(2)12(3)16(7-5-6-8-19-4)20(17,18)13(9-14)10-15/h11-12,14H,5-8H2,1-4H3/t12-/m0/s1. The number of unbranched alkanes of at least 4 members (excludes halogenated alkanes) is 1. The van der Waals surface area contributed by atoms with Gasteiger partial charge in [0.15, 0.2) is 0 Å². The van der Waals surface area contributed by atoms with Gasteiger partial charge in [-0.2, -0.15) is 9.57 Å². The highest BCUT2D eigenvalue weighted by Crippen LogP contribution is 2.20. The number of methoxy groups -OCH3 is 1. The summed E-state index contributed by atoms with van der Waals surface area (Å²) in [5.74, 6) is 1.83. The monoisotopic (exact) mass is 301 g/mol. The topological polar surface area (TPSA) is 94.2 Å². The lowest BCUT2D eigenvalue weighted by molar-refractivity contribution is 0.186. The Hall–Kier alpha value is -1.19. The van der Waals surface area contributed by atoms with Gasteiger partial charge in [-0.3, -0.25) is 5.41 Å². The van der Waals surface area contributed by atoms with Crippen LogP contribution in [0.25, 0.3) is 0 Å². The van der Waals surface area contributed by atoms with Crippen LogP contribution in [0, 0.1) is 22.7 Å². The number of hydrogen-bond acceptors (Lipinski definition) is 5. The molecule has 1 atom stereocenters. The first kappa shape index (κ1) is 18.8. The average molecular weight is 301 g/mol. The summed E-state index contributed by atoms with van der Waals surface area (Å²) in [6, 6.07) is 1.28. The minimum Gasteiger partial charge on any atom is -0.385 e. The molecule has 0 aromatic carbocycles. The molecule has 0 amide bonds. The first-order valence-corrected chi connectivity index (χ1v) is 7.97. The molecule has 7 heteroatoms. The van der Waals surface area contributed by atoms with Crippen LogP contribution >= 0.6 is 0 Å². The van der Waals surface area contributed by atoms with Crippen molar-refractivity contribution in [3.8, 4) is 6.07 Å². The normalized spacial score (nSPS) is 13.1. The van der Waals surface area contributed by atoms with Crippen LogP contribution in [0.15, 0.2) is 4.91 Å². The Labute approximate surface area is 121 Å². The van der Waals surface area contributed by atoms with Crippen molar-refractivity contribution in [1.29, 1.82) is 10.7 Å². The van der Waals surface area contributed by atoms with Gasteiger partial charge >= 0.3 is 0 Å². The highest BCUT2D eigenvalue weighted by Gasteiger charge is 2.32. The molecule has 0 radical (unpaired) electrons. The summed E-state index contributed by atoms with van der Waals surface area (Å²) in [6.07, 6.45) is 1.38. The third-order valence-corrected chi connectivity index (χ3v) is 5.02. The Bertz CT molecular complexity index is 487. The van der Waals surface area contributed by atoms with Crippen LogP contribution < -0.4 is 0 Å². The van der Waals surface area contributed by atoms with Gasteiger partial charge in [0.05, 0.1) is 0 Å². The molecule has 0 aromatic heterocycles. The molecular weight excluding hydrogens is 278 g/mol. The van der Waals surface area contributed by atoms with E-state index in [1.165, 1.54) is 10.4 Å². The van der Waals surface area contributed by atoms with Gasteiger partial charge in [-0.25, -0.2) is 8.42 Å². The van der Waals surface area contributed by atoms with Crippen molar-refractivity contribution in [2.45, 2.75) is 39.7 Å². The van der Waals surface area contributed by atoms with Crippen LogP contribution in [0.2, 0.25) is 0 Å². The maximum Gasteiger partial charge on any atom is 0.262 e. The smallest absolute Gasteiger partial charge is 0.262 e. The van der Waals surface area contributed by atoms with E-state index in [9.17, 15) is 8.42 Å². The number of allylic oxidation sites excluding steroid dienone is 1. The lowest BCUT2D eigenvalue weighted by Crippen LogP contribution is -2.42. The summed E-state index contributed by atoms with van der Waals surface area (Å²) in [4.78, 5) is -0.642. The van der Waals surface area contributed by atoms with Crippen molar-refractivity contribution in [1.82, 2.24) is 4.31 Å². The molecule has 0 saturated heterocycles. The van der Waals surface area contributed by atoms with Crippen LogP contribution in [0.3, 0.4) is 0 Å². The van der Waals surface area contributed by atoms with Crippen LogP contribution in [0.1, 0.15) is 33.6 Å². The summed E-state index contributed by atoms with van der Waals surface area (Å²) >= 11 is 0. The molecule has 0 aromatic rings. The van der Waals surface area contributed by atoms with Crippen LogP contribution in [-0.4, -0.2) is 44.9 Å². The number of ether oxygens (including phenoxy) is 1. The fraction of sp³-hybridized carbons (Fsp3) is 0.769. The van der Waals surface area contributed by atoms with Gasteiger partial charge in [0.2, 0.25) is 4.91 Å². The van der Waals surface area contributed by atoms with Gasteiger partial charge in [-0.1, -0.05) is 13.8 Å². The van der Waals surface area contributed by atoms with E-state index in [4.69, 9.17) is 15.4 Å². The van der Waals surface area contributed by atoms with Gasteiger partial charge in [-0.05, 0) is 25.7 Å². The number of nitrogens with zero attached hydrogens (tertiary/aromatic N) is 2. The molecule has 0 aliphatic carbocycles. The van der Waals surface area contributed by atoms with E-state index in [2.05, 4.69) is 0 Å². The zero-order valence-electron chi connectivity index (χ0n) is 12.5. The third-order valence-electron chi connectivity index (χ3n) is 3.18. The fourth-order valence-corrected chi connectivity index (χ4v) is 3.19. The average Bonchev–Trinajstić information content (AvgIpc) is 2.38. The van der Waals surface area contributed by atoms with Crippen molar-refractivity contribution in [3.63, 3.8) is 0 Å². The second-order valence-electron chi connectivity index (χ2n) is 4.87. The second-order valence-corrected chi connectivity index (χ2v) is 6.69. The quantitative estimate of drug-likeness (QED) is 0.399. The number of sulfonamides is 1. The Morgan fingerprint density at radius 1 is 1.35 bits per heavy atom. The van der Waals surface area contributed by atoms with E-state index in [-0.39, 0.29) is 12.0 Å². The predicted octanol–water partition coefficient (Wildman–Crippen LogP) is 1.75. The van der Waals surface area contributed by atoms with Gasteiger partial charge in [0.1, 0.15) is 6.07 Å². The zero-order chi connectivity index (χ0) is 15.8. The molecule has 6 nitrogen and oxygen atoms in total. The Balaban J connectivity index is 5.23. The molecule has 0 aliphatic rings. The summed E-state index contributed by atoms with van der Waals surface area (Å²) in [5.41, 5.74) is 0. The van der Waals surface area contributed by atoms with E-state index in [1.54, 1.807) is 19.9 Å². The lowest BCUT2D eigenvalue weighted by Gasteiger charge is -2.30. The van der Waals surface area contributed by atoms with E-state index < -0.39 is 14.9 Å². The summed E-state index contributed by atoms with van der Waals surface area (Å²) in [6.45, 7) is 6.51. The van der Waals surface area contributed by atoms with Crippen molar-refractivity contribution < 1.29 is 13.2 Å². The molecule has 0 unspecified atom stereocenters. The molecular formula is C13H23N3O3S. The summed E-state index contributed by atoms with van der Waals surface area (Å²) in [7, 11) is -2.35. The number of rotatable bonds is 9. The SMILES string of the molecule is COCCCCN([C@@H](C)C(C)C)S(=O)(=O)C(=C=N)C#N. The predicted molar refractivity (Wildman–Crippen MR) is 77.9 cm³/mol. The molecule has 20 heavy (non-hydrogen) atoms. The molecule has 0 aliphatic heterocycles. The largest absolute Gasteiger partial charge is 0.385 e. The highest BCUT2D eigenvalue weighted by molar-refractivity contribution is 7.93. The molecule has 0 spiro atoms. The zero-order valence-corrected chi connectivity index (χ0v) is 13.3. The van der Waals surface area contributed by atoms with E-state index >= 15 is 0 Å². The minimum atomic E-state index is -3.95. The van der Waals surface area contributed by atoms with Crippen molar-refractivity contribution in [3.05, 3.63) is 4.91 Å². The first-order chi connectivity index (χ1) is 9.32. The van der Waals surface area contributed by atoms with Gasteiger partial charge in [0.25, 0.3) is 10.0 Å². The van der Waals surface area contributed by atoms with Crippen molar-refractivity contribution in [2.75, 3.05) is 20.3 Å². The van der Waals surface area contributed by atoms with Crippen molar-refractivity contribution >= 4 is 15.9 Å². The Kier molecular flexibility index (Phi) is 8.35. The molecule has 0 fully saturated rings. The first-order valence-electron chi connectivity index (χ1n) is 6.53. The third kappa shape index (κ3) is 5.06. The van der Waals surface area contributed by atoms with Gasteiger partial charge < -0.3 is 4.74 Å². The Morgan fingerprint density at radius 2 is 1.95 bits per heavy atom. The highest BCUT2D eigenvalue weighted by atomic mass is 32.2. The second kappa shape index (κ2) is 8.88. The van der Waals surface area contributed by atoms with E-state index in [0.717, 1.165) is 6.42 Å². The summed E-state index contributed by atoms with van der Waals surface area (Å²) in [5, 5.41) is 15.8. The lowest BCUT2D eigenvalue weighted by atomic mass is 10.1. The summed E-state index contributed by atoms with van der Waals surface area (Å²) < 4.78 is 30.9. The molecule has 114 valence electrons.